The van der Waals surface area contributed by atoms with Gasteiger partial charge in [0.2, 0.25) is 5.88 Å². The fourth-order valence-electron chi connectivity index (χ4n) is 10.7. The van der Waals surface area contributed by atoms with Crippen molar-refractivity contribution in [3.63, 3.8) is 0 Å². The van der Waals surface area contributed by atoms with Gasteiger partial charge in [0.25, 0.3) is 5.91 Å². The first-order valence-electron chi connectivity index (χ1n) is 20.9. The highest BCUT2D eigenvalue weighted by molar-refractivity contribution is 7.22. The van der Waals surface area contributed by atoms with Crippen LogP contribution in [0.15, 0.2) is 60.8 Å². The van der Waals surface area contributed by atoms with Gasteiger partial charge in [-0.3, -0.25) is 14.8 Å². The third-order valence-electron chi connectivity index (χ3n) is 12.8. The van der Waals surface area contributed by atoms with Crippen LogP contribution in [0, 0.1) is 24.2 Å². The molecule has 14 nitrogen and oxygen atoms in total. The van der Waals surface area contributed by atoms with Crippen LogP contribution in [0.3, 0.4) is 0 Å². The van der Waals surface area contributed by atoms with Crippen LogP contribution < -0.4 is 15.0 Å². The molecule has 1 aliphatic heterocycles. The molecule has 0 spiro atoms. The third kappa shape index (κ3) is 8.50. The van der Waals surface area contributed by atoms with Gasteiger partial charge in [0.15, 0.2) is 5.13 Å². The van der Waals surface area contributed by atoms with Gasteiger partial charge in [-0.25, -0.2) is 9.78 Å². The number of ether oxygens (including phenoxy) is 5. The highest BCUT2D eigenvalue weighted by Gasteiger charge is 2.58. The van der Waals surface area contributed by atoms with Crippen molar-refractivity contribution in [3.05, 3.63) is 83.2 Å². The van der Waals surface area contributed by atoms with E-state index in [-0.39, 0.29) is 22.8 Å². The molecule has 0 saturated heterocycles. The Morgan fingerprint density at radius 3 is 2.48 bits per heavy atom. The topological polar surface area (TPSA) is 159 Å². The number of rotatable bonds is 17. The molecule has 316 valence electrons. The molecule has 2 aromatic carbocycles. The Hall–Kier alpha value is -4.93. The van der Waals surface area contributed by atoms with E-state index < -0.39 is 6.16 Å². The molecular formula is C45H52N6O8S. The highest BCUT2D eigenvalue weighted by Crippen LogP contribution is 2.63. The number of nitrogens with zero attached hydrogens (tertiary/aromatic N) is 5. The molecule has 4 bridgehead atoms. The number of amides is 1. The molecule has 2 atom stereocenters. The van der Waals surface area contributed by atoms with Crippen LogP contribution in [0.25, 0.3) is 21.3 Å². The van der Waals surface area contributed by atoms with Crippen LogP contribution in [0.1, 0.15) is 65.7 Å². The Bertz CT molecular complexity index is 2320. The van der Waals surface area contributed by atoms with Crippen LogP contribution >= 0.6 is 11.3 Å². The molecule has 4 fully saturated rings. The lowest BCUT2D eigenvalue weighted by Crippen LogP contribution is -2.58. The number of hydrogen-bond acceptors (Lipinski definition) is 12. The van der Waals surface area contributed by atoms with Crippen molar-refractivity contribution in [1.82, 2.24) is 19.7 Å². The first-order chi connectivity index (χ1) is 29.2. The number of carbonyl (C=O) groups excluding carboxylic acids is 1. The fraction of sp³-hybridized carbons (Fsp3) is 0.489. The summed E-state index contributed by atoms with van der Waals surface area (Å²) in [6, 6.07) is 17.4. The van der Waals surface area contributed by atoms with Crippen molar-refractivity contribution >= 4 is 44.6 Å². The summed E-state index contributed by atoms with van der Waals surface area (Å²) in [6.07, 6.45) is 7.83. The maximum Gasteiger partial charge on any atom is 0.512 e. The van der Waals surface area contributed by atoms with Crippen LogP contribution in [0.5, 0.6) is 5.88 Å². The number of para-hydroxylation sites is 1. The normalized spacial score (nSPS) is 22.9. The van der Waals surface area contributed by atoms with Gasteiger partial charge >= 0.3 is 6.16 Å². The number of anilines is 2. The number of pyridine rings is 1. The van der Waals surface area contributed by atoms with Crippen molar-refractivity contribution in [2.24, 2.45) is 17.3 Å². The van der Waals surface area contributed by atoms with E-state index >= 15 is 0 Å². The van der Waals surface area contributed by atoms with Gasteiger partial charge in [-0.15, -0.1) is 0 Å². The zero-order valence-corrected chi connectivity index (χ0v) is 35.0. The smallest absolute Gasteiger partial charge is 0.449 e. The number of fused-ring (bicyclic) bond motifs is 2. The average molecular weight is 837 g/mol. The fourth-order valence-corrected chi connectivity index (χ4v) is 11.6. The maximum atomic E-state index is 13.7. The third-order valence-corrected chi connectivity index (χ3v) is 13.8. The van der Waals surface area contributed by atoms with E-state index in [4.69, 9.17) is 33.8 Å². The molecule has 2 unspecified atom stereocenters. The van der Waals surface area contributed by atoms with Crippen molar-refractivity contribution < 1.29 is 38.4 Å². The van der Waals surface area contributed by atoms with Gasteiger partial charge in [0.1, 0.15) is 5.82 Å². The summed E-state index contributed by atoms with van der Waals surface area (Å²) < 4.78 is 31.5. The highest BCUT2D eigenvalue weighted by atomic mass is 32.1. The van der Waals surface area contributed by atoms with E-state index in [1.165, 1.54) is 17.8 Å². The number of thiazole rings is 1. The first-order valence-corrected chi connectivity index (χ1v) is 21.8. The average Bonchev–Trinajstić information content (AvgIpc) is 3.80. The summed E-state index contributed by atoms with van der Waals surface area (Å²) in [5.74, 6) is 1.60. The Labute approximate surface area is 353 Å². The first kappa shape index (κ1) is 40.5. The van der Waals surface area contributed by atoms with E-state index in [0.29, 0.717) is 93.1 Å². The molecule has 4 saturated carbocycles. The van der Waals surface area contributed by atoms with E-state index in [2.05, 4.69) is 19.9 Å². The van der Waals surface area contributed by atoms with Crippen LogP contribution in [0.2, 0.25) is 0 Å². The molecular weight excluding hydrogens is 785 g/mol. The van der Waals surface area contributed by atoms with E-state index in [0.717, 1.165) is 71.2 Å². The van der Waals surface area contributed by atoms with Crippen LogP contribution in [-0.2, 0) is 38.5 Å². The lowest BCUT2D eigenvalue weighted by molar-refractivity contribution is -0.201. The molecule has 0 radical (unpaired) electrons. The lowest BCUT2D eigenvalue weighted by atomic mass is 9.48. The Balaban J connectivity index is 0.891. The quantitative estimate of drug-likeness (QED) is 0.0693. The molecule has 10 rings (SSSR count). The van der Waals surface area contributed by atoms with Crippen LogP contribution in [-0.4, -0.2) is 95.8 Å². The minimum Gasteiger partial charge on any atom is -0.449 e. The van der Waals surface area contributed by atoms with Gasteiger partial charge < -0.3 is 33.7 Å². The molecule has 5 aromatic rings. The van der Waals surface area contributed by atoms with Crippen molar-refractivity contribution in [1.29, 1.82) is 0 Å². The van der Waals surface area contributed by atoms with Crippen molar-refractivity contribution in [2.45, 2.75) is 70.6 Å². The summed E-state index contributed by atoms with van der Waals surface area (Å²) in [6.45, 7) is 7.19. The predicted octanol–water partition coefficient (Wildman–Crippen LogP) is 7.77. The number of hydrogen-bond donors (Lipinski definition) is 2. The minimum absolute atomic E-state index is 0.00114. The monoisotopic (exact) mass is 836 g/mol. The van der Waals surface area contributed by atoms with Crippen LogP contribution in [0.4, 0.5) is 15.7 Å². The number of carbonyl (C=O) groups is 2. The van der Waals surface area contributed by atoms with Crippen molar-refractivity contribution in [3.8, 4) is 17.0 Å². The molecule has 2 N–H and O–H groups in total. The number of carboxylic acid groups (broad SMARTS) is 1. The van der Waals surface area contributed by atoms with Gasteiger partial charge in [0.05, 0.1) is 61.7 Å². The van der Waals surface area contributed by atoms with Gasteiger partial charge in [-0.05, 0) is 111 Å². The molecule has 1 amide bonds. The second-order valence-corrected chi connectivity index (χ2v) is 18.0. The van der Waals surface area contributed by atoms with E-state index in [1.807, 2.05) is 61.5 Å². The summed E-state index contributed by atoms with van der Waals surface area (Å²) in [5, 5.41) is 18.3. The maximum absolute atomic E-state index is 13.7. The summed E-state index contributed by atoms with van der Waals surface area (Å²) >= 11 is 1.44. The zero-order chi connectivity index (χ0) is 41.3. The van der Waals surface area contributed by atoms with Gasteiger partial charge in [-0.2, -0.15) is 10.1 Å². The second kappa shape index (κ2) is 17.2. The lowest BCUT2D eigenvalue weighted by Gasteiger charge is -2.61. The minimum atomic E-state index is -1.44. The molecule has 4 aliphatic carbocycles. The number of aromatic nitrogens is 4. The number of nitrogens with one attached hydrogen (secondary N) is 1. The number of methoxy groups -OCH3 is 1. The summed E-state index contributed by atoms with van der Waals surface area (Å²) in [4.78, 5) is 37.2. The van der Waals surface area contributed by atoms with Gasteiger partial charge in [-0.1, -0.05) is 35.6 Å². The zero-order valence-electron chi connectivity index (χ0n) is 34.2. The molecule has 60 heavy (non-hydrogen) atoms. The SMILES string of the molecule is COCCOCCOCCOC12CC3CC(CC(Cn4ncc(-c5ccc(N6CCc7cccc(C(=O)Nc8nc9ccccc9s8)c7C6)nc5OC(=O)O)c4C)(C3)C1)C2. The standard InChI is InChI=1S/C45H52N6O8S/c1-29-35(25-46-51(29)28-44-21-30-20-31(22-44)24-45(23-30,27-44)58-19-18-57-17-16-56-15-14-55-2)34-10-11-39(48-41(34)59-43(53)54)50-13-12-32-6-5-7-33(36(32)26-50)40(52)49-42-47-37-8-3-4-9-38(37)60-42/h3-11,25,30-31H,12-24,26-28H2,1-2H3,(H,53,54)(H,47,49,52). The molecule has 3 aromatic heterocycles. The van der Waals surface area contributed by atoms with Crippen molar-refractivity contribution in [2.75, 3.05) is 63.5 Å². The van der Waals surface area contributed by atoms with E-state index in [1.54, 1.807) is 13.3 Å². The Morgan fingerprint density at radius 1 is 0.917 bits per heavy atom. The summed E-state index contributed by atoms with van der Waals surface area (Å²) in [7, 11) is 1.66. The Morgan fingerprint density at radius 2 is 1.70 bits per heavy atom. The summed E-state index contributed by atoms with van der Waals surface area (Å²) in [5.41, 5.74) is 5.61. The second-order valence-electron chi connectivity index (χ2n) is 17.0. The van der Waals surface area contributed by atoms with Gasteiger partial charge in [0, 0.05) is 49.1 Å². The largest absolute Gasteiger partial charge is 0.512 e. The predicted molar refractivity (Wildman–Crippen MR) is 227 cm³/mol. The molecule has 5 aliphatic rings. The number of benzene rings is 2. The Kier molecular flexibility index (Phi) is 11.6. The molecule has 4 heterocycles. The molecule has 15 heteroatoms. The van der Waals surface area contributed by atoms with E-state index in [9.17, 15) is 14.7 Å².